The maximum Gasteiger partial charge on any atom is 0.253 e. The third kappa shape index (κ3) is 4.45. The van der Waals surface area contributed by atoms with Crippen LogP contribution in [-0.2, 0) is 4.79 Å². The van der Waals surface area contributed by atoms with Crippen LogP contribution in [-0.4, -0.2) is 47.8 Å². The summed E-state index contributed by atoms with van der Waals surface area (Å²) in [4.78, 5) is 29.0. The van der Waals surface area contributed by atoms with Crippen LogP contribution in [0.3, 0.4) is 0 Å². The summed E-state index contributed by atoms with van der Waals surface area (Å²) in [5, 5.41) is 0. The summed E-state index contributed by atoms with van der Waals surface area (Å²) < 4.78 is 1.03. The van der Waals surface area contributed by atoms with Crippen LogP contribution in [0.25, 0.3) is 6.08 Å². The summed E-state index contributed by atoms with van der Waals surface area (Å²) in [6, 6.07) is 15.7. The number of likely N-dealkylation sites (tertiary alicyclic amines) is 2. The van der Waals surface area contributed by atoms with Crippen molar-refractivity contribution < 1.29 is 9.59 Å². The highest BCUT2D eigenvalue weighted by Gasteiger charge is 2.47. The maximum absolute atomic E-state index is 12.7. The molecule has 2 aromatic carbocycles. The van der Waals surface area contributed by atoms with E-state index in [2.05, 4.69) is 15.9 Å². The van der Waals surface area contributed by atoms with Gasteiger partial charge in [0.05, 0.1) is 0 Å². The molecular weight excluding hydrogens is 428 g/mol. The summed E-state index contributed by atoms with van der Waals surface area (Å²) in [6.07, 6.45) is 5.45. The number of carbonyl (C=O) groups excluding carboxylic acids is 2. The molecule has 2 saturated heterocycles. The van der Waals surface area contributed by atoms with Crippen LogP contribution in [0, 0.1) is 12.3 Å². The first-order valence-corrected chi connectivity index (χ1v) is 10.8. The van der Waals surface area contributed by atoms with E-state index in [9.17, 15) is 9.59 Å². The number of amides is 2. The standard InChI is InChI=1S/C24H25BrN2O2/c1-18-3-2-4-20(15-18)23(29)27-16-24(17-27)11-13-26(14-12-24)22(28)10-7-19-5-8-21(25)9-6-19/h2-10,15H,11-14,16-17H2,1H3/b10-7+. The van der Waals surface area contributed by atoms with E-state index in [1.165, 1.54) is 0 Å². The lowest BCUT2D eigenvalue weighted by atomic mass is 9.71. The van der Waals surface area contributed by atoms with Gasteiger partial charge in [-0.25, -0.2) is 0 Å². The molecule has 0 atom stereocenters. The summed E-state index contributed by atoms with van der Waals surface area (Å²) in [5.41, 5.74) is 3.07. The van der Waals surface area contributed by atoms with Crippen LogP contribution in [0.5, 0.6) is 0 Å². The van der Waals surface area contributed by atoms with Crippen LogP contribution < -0.4 is 0 Å². The summed E-state index contributed by atoms with van der Waals surface area (Å²) in [6.45, 7) is 5.13. The molecule has 0 radical (unpaired) electrons. The van der Waals surface area contributed by atoms with Crippen molar-refractivity contribution in [3.63, 3.8) is 0 Å². The fourth-order valence-corrected chi connectivity index (χ4v) is 4.50. The second kappa shape index (κ2) is 8.15. The van der Waals surface area contributed by atoms with Crippen LogP contribution in [0.15, 0.2) is 59.1 Å². The van der Waals surface area contributed by atoms with Crippen molar-refractivity contribution in [1.82, 2.24) is 9.80 Å². The molecule has 2 fully saturated rings. The Kier molecular flexibility index (Phi) is 5.59. The van der Waals surface area contributed by atoms with Gasteiger partial charge in [-0.3, -0.25) is 9.59 Å². The first-order valence-electron chi connectivity index (χ1n) is 10.0. The van der Waals surface area contributed by atoms with Crippen LogP contribution in [0.1, 0.15) is 34.3 Å². The molecule has 2 aliphatic rings. The molecular formula is C24H25BrN2O2. The number of aryl methyl sites for hydroxylation is 1. The highest BCUT2D eigenvalue weighted by Crippen LogP contribution is 2.41. The molecule has 1 spiro atoms. The SMILES string of the molecule is Cc1cccc(C(=O)N2CC3(CCN(C(=O)/C=C/c4ccc(Br)cc4)CC3)C2)c1. The number of piperidine rings is 1. The Labute approximate surface area is 180 Å². The van der Waals surface area contributed by atoms with Crippen molar-refractivity contribution in [2.24, 2.45) is 5.41 Å². The molecule has 4 nitrogen and oxygen atoms in total. The number of carbonyl (C=O) groups is 2. The van der Waals surface area contributed by atoms with E-state index >= 15 is 0 Å². The summed E-state index contributed by atoms with van der Waals surface area (Å²) >= 11 is 3.42. The molecule has 0 aromatic heterocycles. The van der Waals surface area contributed by atoms with Crippen LogP contribution >= 0.6 is 15.9 Å². The predicted molar refractivity (Wildman–Crippen MR) is 119 cm³/mol. The molecule has 2 heterocycles. The first-order chi connectivity index (χ1) is 13.9. The van der Waals surface area contributed by atoms with Gasteiger partial charge in [0.1, 0.15) is 0 Å². The van der Waals surface area contributed by atoms with Crippen molar-refractivity contribution in [3.8, 4) is 0 Å². The van der Waals surface area contributed by atoms with E-state index in [4.69, 9.17) is 0 Å². The van der Waals surface area contributed by atoms with Gasteiger partial charge in [-0.15, -0.1) is 0 Å². The van der Waals surface area contributed by atoms with E-state index < -0.39 is 0 Å². The number of benzene rings is 2. The van der Waals surface area contributed by atoms with Crippen LogP contribution in [0.2, 0.25) is 0 Å². The molecule has 29 heavy (non-hydrogen) atoms. The lowest BCUT2D eigenvalue weighted by Gasteiger charge is -2.53. The quantitative estimate of drug-likeness (QED) is 0.641. The molecule has 4 rings (SSSR count). The minimum Gasteiger partial charge on any atom is -0.339 e. The van der Waals surface area contributed by atoms with Crippen molar-refractivity contribution in [3.05, 3.63) is 75.8 Å². The molecule has 0 bridgehead atoms. The monoisotopic (exact) mass is 452 g/mol. The van der Waals surface area contributed by atoms with Gasteiger partial charge in [0.2, 0.25) is 5.91 Å². The van der Waals surface area contributed by atoms with E-state index in [-0.39, 0.29) is 17.2 Å². The molecule has 2 amide bonds. The zero-order chi connectivity index (χ0) is 20.4. The van der Waals surface area contributed by atoms with E-state index in [0.717, 1.165) is 60.2 Å². The number of hydrogen-bond donors (Lipinski definition) is 0. The molecule has 0 saturated carbocycles. The van der Waals surface area contributed by atoms with Crippen molar-refractivity contribution in [1.29, 1.82) is 0 Å². The Morgan fingerprint density at radius 1 is 1.00 bits per heavy atom. The Bertz CT molecular complexity index is 936. The molecule has 2 aromatic rings. The third-order valence-corrected chi connectivity index (χ3v) is 6.56. The molecule has 150 valence electrons. The number of hydrogen-bond acceptors (Lipinski definition) is 2. The minimum absolute atomic E-state index is 0.0646. The van der Waals surface area contributed by atoms with Gasteiger partial charge in [-0.05, 0) is 55.7 Å². The topological polar surface area (TPSA) is 40.6 Å². The first kappa shape index (κ1) is 19.9. The van der Waals surface area contributed by atoms with Gasteiger partial charge in [-0.2, -0.15) is 0 Å². The van der Waals surface area contributed by atoms with Gasteiger partial charge < -0.3 is 9.80 Å². The molecule has 5 heteroatoms. The predicted octanol–water partition coefficient (Wildman–Crippen LogP) is 4.54. The van der Waals surface area contributed by atoms with Crippen LogP contribution in [0.4, 0.5) is 0 Å². The second-order valence-corrected chi connectivity index (χ2v) is 9.16. The van der Waals surface area contributed by atoms with Crippen molar-refractivity contribution in [2.75, 3.05) is 26.2 Å². The molecule has 0 unspecified atom stereocenters. The Morgan fingerprint density at radius 2 is 1.69 bits per heavy atom. The fraction of sp³-hybridized carbons (Fsp3) is 0.333. The zero-order valence-corrected chi connectivity index (χ0v) is 18.2. The average Bonchev–Trinajstić information content (AvgIpc) is 2.71. The van der Waals surface area contributed by atoms with E-state index in [0.29, 0.717) is 0 Å². The van der Waals surface area contributed by atoms with Gasteiger partial charge in [0, 0.05) is 47.7 Å². The number of halogens is 1. The van der Waals surface area contributed by atoms with Gasteiger partial charge in [0.25, 0.3) is 5.91 Å². The Hall–Kier alpha value is -2.40. The molecule has 0 N–H and O–H groups in total. The normalized spacial score (nSPS) is 18.1. The van der Waals surface area contributed by atoms with Crippen molar-refractivity contribution in [2.45, 2.75) is 19.8 Å². The summed E-state index contributed by atoms with van der Waals surface area (Å²) in [7, 11) is 0. The third-order valence-electron chi connectivity index (χ3n) is 6.03. The van der Waals surface area contributed by atoms with Gasteiger partial charge in [0.15, 0.2) is 0 Å². The smallest absolute Gasteiger partial charge is 0.253 e. The molecule has 0 aliphatic carbocycles. The lowest BCUT2D eigenvalue weighted by Crippen LogP contribution is -2.62. The fourth-order valence-electron chi connectivity index (χ4n) is 4.23. The molecule has 2 aliphatic heterocycles. The Balaban J connectivity index is 1.28. The average molecular weight is 453 g/mol. The van der Waals surface area contributed by atoms with E-state index in [1.807, 2.05) is 71.3 Å². The van der Waals surface area contributed by atoms with E-state index in [1.54, 1.807) is 6.08 Å². The highest BCUT2D eigenvalue weighted by atomic mass is 79.9. The van der Waals surface area contributed by atoms with Gasteiger partial charge in [-0.1, -0.05) is 45.8 Å². The Morgan fingerprint density at radius 3 is 2.34 bits per heavy atom. The largest absolute Gasteiger partial charge is 0.339 e. The second-order valence-electron chi connectivity index (χ2n) is 8.24. The lowest BCUT2D eigenvalue weighted by molar-refractivity contribution is -0.130. The zero-order valence-electron chi connectivity index (χ0n) is 16.6. The number of nitrogens with zero attached hydrogens (tertiary/aromatic N) is 2. The maximum atomic E-state index is 12.7. The van der Waals surface area contributed by atoms with Crippen molar-refractivity contribution >= 4 is 33.8 Å². The highest BCUT2D eigenvalue weighted by molar-refractivity contribution is 9.10. The summed E-state index contributed by atoms with van der Waals surface area (Å²) in [5.74, 6) is 0.185. The number of rotatable bonds is 3. The van der Waals surface area contributed by atoms with Gasteiger partial charge >= 0.3 is 0 Å². The minimum atomic E-state index is 0.0646.